The van der Waals surface area contributed by atoms with Crippen LogP contribution < -0.4 is 5.32 Å². The molecule has 0 fully saturated rings. The molecule has 0 aliphatic carbocycles. The van der Waals surface area contributed by atoms with Crippen molar-refractivity contribution in [1.82, 2.24) is 24.8 Å². The monoisotopic (exact) mass is 353 g/mol. The fourth-order valence-corrected chi connectivity index (χ4v) is 3.12. The molecule has 0 saturated carbocycles. The van der Waals surface area contributed by atoms with Crippen molar-refractivity contribution in [1.29, 1.82) is 0 Å². The summed E-state index contributed by atoms with van der Waals surface area (Å²) in [6.45, 7) is 2.41. The smallest absolute Gasteiger partial charge is 0.230 e. The minimum atomic E-state index is 0.0195. The van der Waals surface area contributed by atoms with E-state index in [4.69, 9.17) is 0 Å². The lowest BCUT2D eigenvalue weighted by molar-refractivity contribution is -0.118. The average Bonchev–Trinajstić information content (AvgIpc) is 3.07. The third-order valence-corrected chi connectivity index (χ3v) is 4.60. The number of hydrogen-bond donors (Lipinski definition) is 1. The number of carbonyl (C=O) groups excluding carboxylic acids is 1. The molecule has 128 valence electrons. The van der Waals surface area contributed by atoms with Crippen LogP contribution in [-0.4, -0.2) is 31.2 Å². The van der Waals surface area contributed by atoms with E-state index in [1.54, 1.807) is 30.4 Å². The van der Waals surface area contributed by atoms with Gasteiger partial charge in [0, 0.05) is 43.3 Å². The van der Waals surface area contributed by atoms with E-state index in [2.05, 4.69) is 20.3 Å². The number of thioether (sulfide) groups is 1. The fraction of sp³-hybridized carbons (Fsp3) is 0.222. The molecule has 0 spiro atoms. The second-order valence-corrected chi connectivity index (χ2v) is 6.48. The number of nitrogens with zero attached hydrogens (tertiary/aromatic N) is 4. The summed E-state index contributed by atoms with van der Waals surface area (Å²) in [5.74, 6) is 2.90. The zero-order valence-corrected chi connectivity index (χ0v) is 14.7. The van der Waals surface area contributed by atoms with Gasteiger partial charge in [0.1, 0.15) is 11.6 Å². The van der Waals surface area contributed by atoms with Crippen LogP contribution in [0.5, 0.6) is 0 Å². The molecular formula is C18H19N5OS. The molecule has 3 aromatic heterocycles. The van der Waals surface area contributed by atoms with Gasteiger partial charge in [0.25, 0.3) is 0 Å². The summed E-state index contributed by atoms with van der Waals surface area (Å²) < 4.78 is 1.91. The van der Waals surface area contributed by atoms with Crippen LogP contribution in [0.2, 0.25) is 0 Å². The Bertz CT molecular complexity index is 834. The molecule has 0 aromatic carbocycles. The van der Waals surface area contributed by atoms with E-state index < -0.39 is 0 Å². The van der Waals surface area contributed by atoms with Crippen LogP contribution >= 0.6 is 11.8 Å². The highest BCUT2D eigenvalue weighted by atomic mass is 32.2. The van der Waals surface area contributed by atoms with Gasteiger partial charge >= 0.3 is 0 Å². The Balaban J connectivity index is 1.48. The van der Waals surface area contributed by atoms with Crippen LogP contribution in [0.1, 0.15) is 17.0 Å². The maximum atomic E-state index is 12.0. The quantitative estimate of drug-likeness (QED) is 0.707. The third-order valence-electron chi connectivity index (χ3n) is 3.60. The Kier molecular flexibility index (Phi) is 5.79. The van der Waals surface area contributed by atoms with Crippen molar-refractivity contribution in [3.8, 4) is 5.82 Å². The molecule has 25 heavy (non-hydrogen) atoms. The number of amides is 1. The van der Waals surface area contributed by atoms with Gasteiger partial charge in [0.05, 0.1) is 5.75 Å². The molecule has 0 radical (unpaired) electrons. The van der Waals surface area contributed by atoms with Crippen molar-refractivity contribution >= 4 is 17.7 Å². The van der Waals surface area contributed by atoms with E-state index in [0.717, 1.165) is 28.5 Å². The minimum Gasteiger partial charge on any atom is -0.351 e. The zero-order chi connectivity index (χ0) is 17.5. The number of pyridine rings is 2. The molecule has 0 unspecified atom stereocenters. The Hall–Kier alpha value is -2.67. The summed E-state index contributed by atoms with van der Waals surface area (Å²) in [5, 5.41) is 2.94. The SMILES string of the molecule is Cc1nccn1-c1cc(CNC(=O)CSCc2cccnc2)ccn1. The second kappa shape index (κ2) is 8.43. The fourth-order valence-electron chi connectivity index (χ4n) is 2.32. The summed E-state index contributed by atoms with van der Waals surface area (Å²) in [4.78, 5) is 24.6. The molecule has 6 nitrogen and oxygen atoms in total. The highest BCUT2D eigenvalue weighted by Gasteiger charge is 2.05. The zero-order valence-electron chi connectivity index (χ0n) is 13.9. The number of imidazole rings is 1. The van der Waals surface area contributed by atoms with Gasteiger partial charge in [-0.25, -0.2) is 9.97 Å². The molecule has 0 saturated heterocycles. The predicted octanol–water partition coefficient (Wildman–Crippen LogP) is 2.52. The molecular weight excluding hydrogens is 334 g/mol. The van der Waals surface area contributed by atoms with Crippen molar-refractivity contribution in [2.75, 3.05) is 5.75 Å². The Morgan fingerprint density at radius 2 is 2.12 bits per heavy atom. The topological polar surface area (TPSA) is 72.7 Å². The van der Waals surface area contributed by atoms with Gasteiger partial charge in [0.15, 0.2) is 0 Å². The highest BCUT2D eigenvalue weighted by molar-refractivity contribution is 7.99. The van der Waals surface area contributed by atoms with Crippen molar-refractivity contribution in [2.24, 2.45) is 0 Å². The third kappa shape index (κ3) is 4.90. The minimum absolute atomic E-state index is 0.0195. The Labute approximate surface area is 150 Å². The van der Waals surface area contributed by atoms with Crippen LogP contribution in [0.15, 0.2) is 55.2 Å². The summed E-state index contributed by atoms with van der Waals surface area (Å²) >= 11 is 1.58. The summed E-state index contributed by atoms with van der Waals surface area (Å²) in [5.41, 5.74) is 2.12. The number of aryl methyl sites for hydroxylation is 1. The van der Waals surface area contributed by atoms with Crippen molar-refractivity contribution in [3.63, 3.8) is 0 Å². The van der Waals surface area contributed by atoms with Gasteiger partial charge < -0.3 is 5.32 Å². The number of carbonyl (C=O) groups is 1. The van der Waals surface area contributed by atoms with E-state index in [9.17, 15) is 4.79 Å². The number of aromatic nitrogens is 4. The molecule has 0 aliphatic heterocycles. The van der Waals surface area contributed by atoms with Gasteiger partial charge in [-0.05, 0) is 36.2 Å². The first kappa shape index (κ1) is 17.2. The van der Waals surface area contributed by atoms with Crippen LogP contribution in [0.4, 0.5) is 0 Å². The van der Waals surface area contributed by atoms with Gasteiger partial charge in [-0.1, -0.05) is 6.07 Å². The second-order valence-electron chi connectivity index (χ2n) is 5.50. The lowest BCUT2D eigenvalue weighted by atomic mass is 10.2. The van der Waals surface area contributed by atoms with Gasteiger partial charge in [-0.15, -0.1) is 11.8 Å². The van der Waals surface area contributed by atoms with E-state index in [0.29, 0.717) is 12.3 Å². The molecule has 1 amide bonds. The van der Waals surface area contributed by atoms with E-state index >= 15 is 0 Å². The lowest BCUT2D eigenvalue weighted by Crippen LogP contribution is -2.24. The van der Waals surface area contributed by atoms with E-state index in [1.165, 1.54) is 0 Å². The molecule has 1 N–H and O–H groups in total. The predicted molar refractivity (Wildman–Crippen MR) is 98.3 cm³/mol. The van der Waals surface area contributed by atoms with Gasteiger partial charge in [-0.3, -0.25) is 14.3 Å². The van der Waals surface area contributed by atoms with Crippen molar-refractivity contribution in [2.45, 2.75) is 19.2 Å². The molecule has 0 bridgehead atoms. The largest absolute Gasteiger partial charge is 0.351 e. The Morgan fingerprint density at radius 3 is 2.88 bits per heavy atom. The normalized spacial score (nSPS) is 10.6. The molecule has 0 aliphatic rings. The van der Waals surface area contributed by atoms with Crippen LogP contribution in [0.3, 0.4) is 0 Å². The van der Waals surface area contributed by atoms with E-state index in [1.807, 2.05) is 48.1 Å². The van der Waals surface area contributed by atoms with Crippen molar-refractivity contribution in [3.05, 3.63) is 72.2 Å². The molecule has 0 atom stereocenters. The first-order valence-corrected chi connectivity index (χ1v) is 9.06. The highest BCUT2D eigenvalue weighted by Crippen LogP contribution is 2.11. The number of nitrogens with one attached hydrogen (secondary N) is 1. The summed E-state index contributed by atoms with van der Waals surface area (Å²) in [6.07, 6.45) is 8.92. The number of rotatable bonds is 7. The maximum Gasteiger partial charge on any atom is 0.230 e. The van der Waals surface area contributed by atoms with Crippen molar-refractivity contribution < 1.29 is 4.79 Å². The van der Waals surface area contributed by atoms with Crippen LogP contribution in [0.25, 0.3) is 5.82 Å². The average molecular weight is 353 g/mol. The van der Waals surface area contributed by atoms with Gasteiger partial charge in [-0.2, -0.15) is 0 Å². The van der Waals surface area contributed by atoms with Gasteiger partial charge in [0.2, 0.25) is 5.91 Å². The lowest BCUT2D eigenvalue weighted by Gasteiger charge is -2.08. The standard InChI is InChI=1S/C18H19N5OS/c1-14-20-7-8-23(14)17-9-15(4-6-21-17)11-22-18(24)13-25-12-16-3-2-5-19-10-16/h2-10H,11-13H2,1H3,(H,22,24). The molecule has 3 heterocycles. The summed E-state index contributed by atoms with van der Waals surface area (Å²) in [7, 11) is 0. The molecule has 3 aromatic rings. The van der Waals surface area contributed by atoms with E-state index in [-0.39, 0.29) is 5.91 Å². The first-order valence-electron chi connectivity index (χ1n) is 7.91. The first-order chi connectivity index (χ1) is 12.2. The molecule has 7 heteroatoms. The number of hydrogen-bond acceptors (Lipinski definition) is 5. The maximum absolute atomic E-state index is 12.0. The Morgan fingerprint density at radius 1 is 1.20 bits per heavy atom. The van der Waals surface area contributed by atoms with Crippen LogP contribution in [0, 0.1) is 6.92 Å². The molecule has 3 rings (SSSR count). The van der Waals surface area contributed by atoms with Crippen LogP contribution in [-0.2, 0) is 17.1 Å². The summed E-state index contributed by atoms with van der Waals surface area (Å²) in [6, 6.07) is 7.77.